The van der Waals surface area contributed by atoms with Crippen molar-refractivity contribution in [2.24, 2.45) is 12.8 Å². The molecule has 1 aromatic heterocycles. The summed E-state index contributed by atoms with van der Waals surface area (Å²) in [4.78, 5) is 4.07. The van der Waals surface area contributed by atoms with E-state index in [2.05, 4.69) is 17.0 Å². The Labute approximate surface area is 78.1 Å². The molecule has 4 N–H and O–H groups in total. The van der Waals surface area contributed by atoms with E-state index in [1.807, 2.05) is 0 Å². The van der Waals surface area contributed by atoms with Gasteiger partial charge in [-0.25, -0.2) is 4.68 Å². The first-order valence-corrected chi connectivity index (χ1v) is 4.57. The van der Waals surface area contributed by atoms with Gasteiger partial charge in [-0.3, -0.25) is 0 Å². The number of hydrogen-bond donors (Lipinski definition) is 2. The molecular formula is C8H17N5. The van der Waals surface area contributed by atoms with E-state index >= 15 is 0 Å². The van der Waals surface area contributed by atoms with Crippen molar-refractivity contribution in [1.82, 2.24) is 14.8 Å². The second-order valence-corrected chi connectivity index (χ2v) is 3.20. The minimum atomic E-state index is -0.0801. The van der Waals surface area contributed by atoms with E-state index in [9.17, 15) is 0 Å². The van der Waals surface area contributed by atoms with Gasteiger partial charge in [-0.2, -0.15) is 10.1 Å². The zero-order valence-electron chi connectivity index (χ0n) is 8.20. The number of nitrogens with two attached hydrogens (primary N) is 2. The molecule has 0 aliphatic rings. The lowest BCUT2D eigenvalue weighted by molar-refractivity contribution is 0.569. The molecule has 1 rings (SSSR count). The summed E-state index contributed by atoms with van der Waals surface area (Å²) in [6, 6.07) is -0.0801. The van der Waals surface area contributed by atoms with Crippen LogP contribution < -0.4 is 11.5 Å². The molecule has 0 fully saturated rings. The predicted molar refractivity (Wildman–Crippen MR) is 51.9 cm³/mol. The van der Waals surface area contributed by atoms with Gasteiger partial charge in [-0.05, 0) is 6.42 Å². The van der Waals surface area contributed by atoms with Crippen molar-refractivity contribution in [3.8, 4) is 0 Å². The van der Waals surface area contributed by atoms with Crippen molar-refractivity contribution < 1.29 is 0 Å². The Bertz CT molecular complexity index is 248. The summed E-state index contributed by atoms with van der Waals surface area (Å²) in [5.74, 6) is 1.07. The highest BCUT2D eigenvalue weighted by Gasteiger charge is 2.11. The van der Waals surface area contributed by atoms with Crippen molar-refractivity contribution >= 4 is 5.95 Å². The molecule has 1 atom stereocenters. The fraction of sp³-hybridized carbons (Fsp3) is 0.750. The Morgan fingerprint density at radius 3 is 2.69 bits per heavy atom. The summed E-state index contributed by atoms with van der Waals surface area (Å²) in [7, 11) is 1.76. The molecule has 5 heteroatoms. The monoisotopic (exact) mass is 183 g/mol. The molecule has 0 spiro atoms. The van der Waals surface area contributed by atoms with Crippen LogP contribution >= 0.6 is 0 Å². The lowest BCUT2D eigenvalue weighted by atomic mass is 10.1. The Hall–Kier alpha value is -1.10. The molecule has 0 amide bonds. The van der Waals surface area contributed by atoms with Gasteiger partial charge in [0.2, 0.25) is 5.95 Å². The van der Waals surface area contributed by atoms with E-state index in [1.165, 1.54) is 0 Å². The van der Waals surface area contributed by atoms with Crippen LogP contribution in [0.25, 0.3) is 0 Å². The molecule has 0 radical (unpaired) electrons. The van der Waals surface area contributed by atoms with Crippen molar-refractivity contribution in [3.63, 3.8) is 0 Å². The average Bonchev–Trinajstić information content (AvgIpc) is 2.43. The fourth-order valence-corrected chi connectivity index (χ4v) is 1.13. The summed E-state index contributed by atoms with van der Waals surface area (Å²) in [5.41, 5.74) is 11.4. The van der Waals surface area contributed by atoms with Crippen LogP contribution in [0, 0.1) is 0 Å². The number of rotatable bonds is 4. The maximum atomic E-state index is 5.87. The van der Waals surface area contributed by atoms with Gasteiger partial charge < -0.3 is 11.5 Å². The number of anilines is 1. The molecule has 74 valence electrons. The highest BCUT2D eigenvalue weighted by atomic mass is 15.4. The lowest BCUT2D eigenvalue weighted by Gasteiger charge is -2.04. The Morgan fingerprint density at radius 2 is 2.23 bits per heavy atom. The highest BCUT2D eigenvalue weighted by Crippen LogP contribution is 2.13. The predicted octanol–water partition coefficient (Wildman–Crippen LogP) is 0.587. The Kier molecular flexibility index (Phi) is 3.25. The first-order valence-electron chi connectivity index (χ1n) is 4.57. The van der Waals surface area contributed by atoms with Gasteiger partial charge in [0.25, 0.3) is 0 Å². The Morgan fingerprint density at radius 1 is 1.54 bits per heavy atom. The van der Waals surface area contributed by atoms with Crippen LogP contribution in [0.5, 0.6) is 0 Å². The van der Waals surface area contributed by atoms with Gasteiger partial charge in [0.1, 0.15) is 0 Å². The molecule has 0 saturated carbocycles. The quantitative estimate of drug-likeness (QED) is 0.715. The summed E-state index contributed by atoms with van der Waals surface area (Å²) in [5, 5.41) is 4.12. The van der Waals surface area contributed by atoms with Gasteiger partial charge in [-0.15, -0.1) is 0 Å². The van der Waals surface area contributed by atoms with Gasteiger partial charge in [-0.1, -0.05) is 19.8 Å². The van der Waals surface area contributed by atoms with E-state index in [0.717, 1.165) is 19.3 Å². The van der Waals surface area contributed by atoms with E-state index in [4.69, 9.17) is 11.5 Å². The van der Waals surface area contributed by atoms with Crippen molar-refractivity contribution in [1.29, 1.82) is 0 Å². The third-order valence-electron chi connectivity index (χ3n) is 2.01. The van der Waals surface area contributed by atoms with Gasteiger partial charge >= 0.3 is 0 Å². The number of nitrogen functional groups attached to an aromatic ring is 1. The SMILES string of the molecule is CCCCC(N)c1nc(N)n(C)n1. The largest absolute Gasteiger partial charge is 0.368 e. The third kappa shape index (κ3) is 2.42. The summed E-state index contributed by atoms with van der Waals surface area (Å²) < 4.78 is 1.54. The van der Waals surface area contributed by atoms with Crippen LogP contribution in [0.15, 0.2) is 0 Å². The molecule has 13 heavy (non-hydrogen) atoms. The van der Waals surface area contributed by atoms with Gasteiger partial charge in [0, 0.05) is 7.05 Å². The van der Waals surface area contributed by atoms with E-state index < -0.39 is 0 Å². The molecule has 0 aliphatic carbocycles. The molecule has 0 aromatic carbocycles. The smallest absolute Gasteiger partial charge is 0.218 e. The average molecular weight is 183 g/mol. The first-order chi connectivity index (χ1) is 6.15. The van der Waals surface area contributed by atoms with Crippen molar-refractivity contribution in [2.45, 2.75) is 32.2 Å². The van der Waals surface area contributed by atoms with E-state index in [1.54, 1.807) is 11.7 Å². The van der Waals surface area contributed by atoms with Crippen LogP contribution in [0.1, 0.15) is 38.1 Å². The number of aryl methyl sites for hydroxylation is 1. The minimum absolute atomic E-state index is 0.0801. The molecule has 0 aliphatic heterocycles. The number of aromatic nitrogens is 3. The topological polar surface area (TPSA) is 82.7 Å². The minimum Gasteiger partial charge on any atom is -0.368 e. The normalized spacial score (nSPS) is 13.2. The fourth-order valence-electron chi connectivity index (χ4n) is 1.13. The van der Waals surface area contributed by atoms with Crippen molar-refractivity contribution in [3.05, 3.63) is 5.82 Å². The number of unbranched alkanes of at least 4 members (excludes halogenated alkanes) is 1. The van der Waals surface area contributed by atoms with E-state index in [-0.39, 0.29) is 6.04 Å². The zero-order chi connectivity index (χ0) is 9.84. The van der Waals surface area contributed by atoms with Crippen molar-refractivity contribution in [2.75, 3.05) is 5.73 Å². The van der Waals surface area contributed by atoms with E-state index in [0.29, 0.717) is 11.8 Å². The second-order valence-electron chi connectivity index (χ2n) is 3.20. The second kappa shape index (κ2) is 4.23. The van der Waals surface area contributed by atoms with Crippen LogP contribution in [0.3, 0.4) is 0 Å². The maximum absolute atomic E-state index is 5.87. The molecule has 5 nitrogen and oxygen atoms in total. The first kappa shape index (κ1) is 9.98. The van der Waals surface area contributed by atoms with Gasteiger partial charge in [0.15, 0.2) is 5.82 Å². The number of nitrogens with zero attached hydrogens (tertiary/aromatic N) is 3. The zero-order valence-corrected chi connectivity index (χ0v) is 8.20. The van der Waals surface area contributed by atoms with Crippen LogP contribution in [0.4, 0.5) is 5.95 Å². The molecular weight excluding hydrogens is 166 g/mol. The number of hydrogen-bond acceptors (Lipinski definition) is 4. The summed E-state index contributed by atoms with van der Waals surface area (Å²) >= 11 is 0. The van der Waals surface area contributed by atoms with Crippen LogP contribution in [-0.2, 0) is 7.05 Å². The molecule has 1 aromatic rings. The van der Waals surface area contributed by atoms with Gasteiger partial charge in [0.05, 0.1) is 6.04 Å². The summed E-state index contributed by atoms with van der Waals surface area (Å²) in [6.07, 6.45) is 3.15. The van der Waals surface area contributed by atoms with Crippen LogP contribution in [-0.4, -0.2) is 14.8 Å². The van der Waals surface area contributed by atoms with Crippen LogP contribution in [0.2, 0.25) is 0 Å². The molecule has 0 bridgehead atoms. The molecule has 0 saturated heterocycles. The standard InChI is InChI=1S/C8H17N5/c1-3-4-5-6(9)7-11-8(10)13(2)12-7/h6H,3-5,9H2,1-2H3,(H2,10,11,12). The Balaban J connectivity index is 2.60. The maximum Gasteiger partial charge on any atom is 0.218 e. The molecule has 1 heterocycles. The highest BCUT2D eigenvalue weighted by molar-refractivity contribution is 5.16. The molecule has 1 unspecified atom stereocenters. The lowest BCUT2D eigenvalue weighted by Crippen LogP contribution is -2.12. The third-order valence-corrected chi connectivity index (χ3v) is 2.01. The summed E-state index contributed by atoms with van der Waals surface area (Å²) in [6.45, 7) is 2.13.